The molecule has 0 radical (unpaired) electrons. The van der Waals surface area contributed by atoms with Gasteiger partial charge in [-0.25, -0.2) is 4.39 Å². The number of morpholine rings is 1. The zero-order valence-electron chi connectivity index (χ0n) is 14.4. The number of ether oxygens (including phenoxy) is 1. The lowest BCUT2D eigenvalue weighted by molar-refractivity contribution is 0.0933. The monoisotopic (exact) mass is 372 g/mol. The van der Waals surface area contributed by atoms with E-state index in [1.807, 2.05) is 30.3 Å². The number of hydrogen-bond donors (Lipinski definition) is 1. The number of para-hydroxylation sites is 1. The molecule has 1 amide bonds. The number of nitrogens with zero attached hydrogens (tertiary/aromatic N) is 1. The summed E-state index contributed by atoms with van der Waals surface area (Å²) in [5, 5.41) is 3.12. The molecule has 1 N–H and O–H groups in total. The molecule has 0 bridgehead atoms. The van der Waals surface area contributed by atoms with E-state index in [1.165, 1.54) is 17.8 Å². The van der Waals surface area contributed by atoms with Gasteiger partial charge in [0, 0.05) is 29.4 Å². The van der Waals surface area contributed by atoms with Crippen molar-refractivity contribution in [3.05, 3.63) is 59.4 Å². The van der Waals surface area contributed by atoms with Crippen LogP contribution in [0.1, 0.15) is 28.4 Å². The summed E-state index contributed by atoms with van der Waals surface area (Å²) in [5.74, 6) is 0.476. The molecule has 1 atom stereocenters. The van der Waals surface area contributed by atoms with Crippen molar-refractivity contribution < 1.29 is 13.9 Å². The smallest absolute Gasteiger partial charge is 0.253 e. The number of thioether (sulfide) groups is 1. The van der Waals surface area contributed by atoms with Crippen molar-refractivity contribution in [1.82, 2.24) is 5.32 Å². The quantitative estimate of drug-likeness (QED) is 0.893. The van der Waals surface area contributed by atoms with E-state index in [0.717, 1.165) is 36.5 Å². The summed E-state index contributed by atoms with van der Waals surface area (Å²) in [6.07, 6.45) is 0.798. The van der Waals surface area contributed by atoms with Crippen LogP contribution in [0.5, 0.6) is 0 Å². The molecule has 0 aliphatic carbocycles. The second kappa shape index (κ2) is 7.68. The van der Waals surface area contributed by atoms with Gasteiger partial charge in [-0.3, -0.25) is 4.79 Å². The first-order chi connectivity index (χ1) is 12.7. The molecule has 6 heteroatoms. The van der Waals surface area contributed by atoms with Gasteiger partial charge in [0.1, 0.15) is 5.82 Å². The molecule has 26 heavy (non-hydrogen) atoms. The summed E-state index contributed by atoms with van der Waals surface area (Å²) in [4.78, 5) is 15.8. The van der Waals surface area contributed by atoms with Crippen LogP contribution in [0.25, 0.3) is 0 Å². The van der Waals surface area contributed by atoms with Crippen molar-refractivity contribution in [2.45, 2.75) is 17.4 Å². The number of hydrogen-bond acceptors (Lipinski definition) is 4. The van der Waals surface area contributed by atoms with Crippen LogP contribution in [0.4, 0.5) is 10.1 Å². The molecule has 4 rings (SSSR count). The molecule has 136 valence electrons. The Morgan fingerprint density at radius 1 is 1.15 bits per heavy atom. The van der Waals surface area contributed by atoms with Crippen molar-refractivity contribution in [3.63, 3.8) is 0 Å². The van der Waals surface area contributed by atoms with E-state index in [4.69, 9.17) is 4.74 Å². The number of rotatable bonds is 3. The number of halogens is 1. The molecule has 2 aromatic rings. The highest BCUT2D eigenvalue weighted by molar-refractivity contribution is 7.99. The topological polar surface area (TPSA) is 41.6 Å². The minimum absolute atomic E-state index is 0.112. The minimum atomic E-state index is -0.208. The van der Waals surface area contributed by atoms with Gasteiger partial charge in [-0.05, 0) is 30.2 Å². The summed E-state index contributed by atoms with van der Waals surface area (Å²) in [7, 11) is 0. The highest BCUT2D eigenvalue weighted by atomic mass is 32.2. The number of anilines is 1. The number of fused-ring (bicyclic) bond motifs is 1. The van der Waals surface area contributed by atoms with Crippen LogP contribution < -0.4 is 10.2 Å². The van der Waals surface area contributed by atoms with Gasteiger partial charge in [0.2, 0.25) is 0 Å². The standard InChI is InChI=1S/C20H21FN2O2S/c21-16-6-3-5-14-17(8-13-26-19(14)16)22-20(24)15-4-1-2-7-18(15)23-9-11-25-12-10-23/h1-7,17H,8-13H2,(H,22,24)/t17-/m0/s1. The summed E-state index contributed by atoms with van der Waals surface area (Å²) < 4.78 is 19.5. The summed E-state index contributed by atoms with van der Waals surface area (Å²) in [6.45, 7) is 2.89. The van der Waals surface area contributed by atoms with E-state index in [9.17, 15) is 9.18 Å². The molecule has 2 heterocycles. The third kappa shape index (κ3) is 3.44. The molecule has 1 saturated heterocycles. The predicted molar refractivity (Wildman–Crippen MR) is 101 cm³/mol. The van der Waals surface area contributed by atoms with Gasteiger partial charge in [-0.2, -0.15) is 0 Å². The van der Waals surface area contributed by atoms with Gasteiger partial charge in [0.05, 0.1) is 24.8 Å². The first kappa shape index (κ1) is 17.4. The minimum Gasteiger partial charge on any atom is -0.378 e. The molecule has 2 aromatic carbocycles. The maximum Gasteiger partial charge on any atom is 0.253 e. The molecule has 0 aromatic heterocycles. The Morgan fingerprint density at radius 2 is 1.96 bits per heavy atom. The van der Waals surface area contributed by atoms with Gasteiger partial charge in [0.15, 0.2) is 0 Å². The summed E-state index contributed by atoms with van der Waals surface area (Å²) >= 11 is 1.52. The Morgan fingerprint density at radius 3 is 2.81 bits per heavy atom. The molecule has 0 spiro atoms. The molecule has 0 saturated carbocycles. The van der Waals surface area contributed by atoms with Crippen LogP contribution in [-0.4, -0.2) is 38.0 Å². The number of carbonyl (C=O) groups is 1. The fourth-order valence-electron chi connectivity index (χ4n) is 3.52. The van der Waals surface area contributed by atoms with Gasteiger partial charge >= 0.3 is 0 Å². The van der Waals surface area contributed by atoms with E-state index in [2.05, 4.69) is 10.2 Å². The highest BCUT2D eigenvalue weighted by Gasteiger charge is 2.26. The molecular formula is C20H21FN2O2S. The molecule has 0 unspecified atom stereocenters. The summed E-state index contributed by atoms with van der Waals surface area (Å²) in [6, 6.07) is 12.6. The van der Waals surface area contributed by atoms with Crippen LogP contribution >= 0.6 is 11.8 Å². The second-order valence-electron chi connectivity index (χ2n) is 6.44. The average Bonchev–Trinajstić information content (AvgIpc) is 2.69. The normalized spacial score (nSPS) is 19.7. The number of amides is 1. The van der Waals surface area contributed by atoms with Crippen LogP contribution in [0.3, 0.4) is 0 Å². The molecule has 4 nitrogen and oxygen atoms in total. The maximum atomic E-state index is 14.1. The maximum absolute atomic E-state index is 14.1. The van der Waals surface area contributed by atoms with Crippen LogP contribution in [-0.2, 0) is 4.74 Å². The predicted octanol–water partition coefficient (Wildman–Crippen LogP) is 3.63. The lowest BCUT2D eigenvalue weighted by Gasteiger charge is -2.31. The largest absolute Gasteiger partial charge is 0.378 e. The third-order valence-electron chi connectivity index (χ3n) is 4.83. The molecule has 1 fully saturated rings. The number of benzene rings is 2. The first-order valence-electron chi connectivity index (χ1n) is 8.88. The zero-order chi connectivity index (χ0) is 17.9. The fourth-order valence-corrected chi connectivity index (χ4v) is 4.66. The van der Waals surface area contributed by atoms with Gasteiger partial charge < -0.3 is 15.0 Å². The van der Waals surface area contributed by atoms with Gasteiger partial charge in [-0.15, -0.1) is 11.8 Å². The van der Waals surface area contributed by atoms with Gasteiger partial charge in [0.25, 0.3) is 5.91 Å². The van der Waals surface area contributed by atoms with Crippen molar-refractivity contribution in [2.24, 2.45) is 0 Å². The average molecular weight is 372 g/mol. The van der Waals surface area contributed by atoms with Crippen molar-refractivity contribution in [3.8, 4) is 0 Å². The SMILES string of the molecule is O=C(N[C@H]1CCSc2c(F)cccc21)c1ccccc1N1CCOCC1. The van der Waals surface area contributed by atoms with Crippen LogP contribution in [0, 0.1) is 5.82 Å². The van der Waals surface area contributed by atoms with E-state index in [1.54, 1.807) is 6.07 Å². The molecule has 2 aliphatic rings. The van der Waals surface area contributed by atoms with Crippen LogP contribution in [0.15, 0.2) is 47.4 Å². The Bertz CT molecular complexity index is 808. The van der Waals surface area contributed by atoms with E-state index in [-0.39, 0.29) is 17.8 Å². The first-order valence-corrected chi connectivity index (χ1v) is 9.86. The molecule has 2 aliphatic heterocycles. The van der Waals surface area contributed by atoms with Crippen molar-refractivity contribution in [2.75, 3.05) is 37.0 Å². The Labute approximate surface area is 156 Å². The lowest BCUT2D eigenvalue weighted by Crippen LogP contribution is -2.38. The number of carbonyl (C=O) groups excluding carboxylic acids is 1. The van der Waals surface area contributed by atoms with E-state index in [0.29, 0.717) is 23.7 Å². The highest BCUT2D eigenvalue weighted by Crippen LogP contribution is 2.38. The third-order valence-corrected chi connectivity index (χ3v) is 5.99. The molecular weight excluding hydrogens is 351 g/mol. The van der Waals surface area contributed by atoms with Gasteiger partial charge in [-0.1, -0.05) is 24.3 Å². The second-order valence-corrected chi connectivity index (χ2v) is 7.54. The number of nitrogens with one attached hydrogen (secondary N) is 1. The van der Waals surface area contributed by atoms with E-state index < -0.39 is 0 Å². The van der Waals surface area contributed by atoms with Crippen LogP contribution in [0.2, 0.25) is 0 Å². The lowest BCUT2D eigenvalue weighted by atomic mass is 10.0. The fraction of sp³-hybridized carbons (Fsp3) is 0.350. The van der Waals surface area contributed by atoms with Crippen molar-refractivity contribution in [1.29, 1.82) is 0 Å². The van der Waals surface area contributed by atoms with Crippen molar-refractivity contribution >= 4 is 23.4 Å². The summed E-state index contributed by atoms with van der Waals surface area (Å²) in [5.41, 5.74) is 2.46. The van der Waals surface area contributed by atoms with E-state index >= 15 is 0 Å². The Hall–Kier alpha value is -2.05. The Kier molecular flexibility index (Phi) is 5.13. The Balaban J connectivity index is 1.58. The zero-order valence-corrected chi connectivity index (χ0v) is 15.2.